The van der Waals surface area contributed by atoms with Gasteiger partial charge in [0, 0.05) is 16.9 Å². The molecule has 2 heterocycles. The van der Waals surface area contributed by atoms with Gasteiger partial charge in [0.15, 0.2) is 0 Å². The molecule has 2 aliphatic rings. The molecule has 3 rings (SSSR count). The quantitative estimate of drug-likeness (QED) is 0.801. The molecule has 1 aromatic rings. The zero-order valence-corrected chi connectivity index (χ0v) is 11.0. The number of fused-ring (bicyclic) bond motifs is 1. The molecule has 3 nitrogen and oxygen atoms in total. The van der Waals surface area contributed by atoms with Crippen LogP contribution in [-0.2, 0) is 6.42 Å². The molecule has 1 saturated heterocycles. The van der Waals surface area contributed by atoms with Crippen LogP contribution in [0.2, 0.25) is 0 Å². The van der Waals surface area contributed by atoms with Crippen molar-refractivity contribution < 1.29 is 0 Å². The fourth-order valence-electron chi connectivity index (χ4n) is 2.67. The van der Waals surface area contributed by atoms with Gasteiger partial charge in [-0.1, -0.05) is 6.07 Å². The summed E-state index contributed by atoms with van der Waals surface area (Å²) < 4.78 is 0. The van der Waals surface area contributed by atoms with Gasteiger partial charge in [0.05, 0.1) is 13.3 Å². The van der Waals surface area contributed by atoms with E-state index in [1.807, 2.05) is 0 Å². The van der Waals surface area contributed by atoms with Crippen LogP contribution in [0, 0.1) is 0 Å². The summed E-state index contributed by atoms with van der Waals surface area (Å²) in [5.74, 6) is 0. The maximum Gasteiger partial charge on any atom is 0.0731 e. The molecule has 0 atom stereocenters. The van der Waals surface area contributed by atoms with Gasteiger partial charge in [-0.3, -0.25) is 4.90 Å². The molecule has 1 N–H and O–H groups in total. The topological polar surface area (TPSA) is 18.5 Å². The number of rotatable bonds is 1. The Hall–Kier alpha value is -1.22. The van der Waals surface area contributed by atoms with Crippen molar-refractivity contribution in [2.75, 3.05) is 30.6 Å². The van der Waals surface area contributed by atoms with Gasteiger partial charge in [-0.2, -0.15) is 0 Å². The highest BCUT2D eigenvalue weighted by molar-refractivity contribution is 5.65. The molecule has 0 aliphatic carbocycles. The molecule has 0 radical (unpaired) electrons. The Labute approximate surface area is 103 Å². The standard InChI is InChI=1S/C14H21N3/c1-14(2)7-6-11-4-5-12(8-13(11)15-14)17-9-16(3)10-17/h4-5,8,15H,6-7,9-10H2,1-3H3. The Morgan fingerprint density at radius 3 is 2.71 bits per heavy atom. The lowest BCUT2D eigenvalue weighted by Gasteiger charge is -2.42. The van der Waals surface area contributed by atoms with Crippen molar-refractivity contribution in [1.29, 1.82) is 0 Å². The van der Waals surface area contributed by atoms with Gasteiger partial charge in [0.25, 0.3) is 0 Å². The first kappa shape index (κ1) is 10.9. The van der Waals surface area contributed by atoms with Crippen LogP contribution >= 0.6 is 0 Å². The molecule has 0 unspecified atom stereocenters. The van der Waals surface area contributed by atoms with Crippen LogP contribution in [0.4, 0.5) is 11.4 Å². The highest BCUT2D eigenvalue weighted by Crippen LogP contribution is 2.34. The van der Waals surface area contributed by atoms with E-state index >= 15 is 0 Å². The van der Waals surface area contributed by atoms with Crippen molar-refractivity contribution >= 4 is 11.4 Å². The molecule has 3 heteroatoms. The van der Waals surface area contributed by atoms with Crippen molar-refractivity contribution in [1.82, 2.24) is 4.90 Å². The van der Waals surface area contributed by atoms with Crippen LogP contribution in [-0.4, -0.2) is 30.8 Å². The van der Waals surface area contributed by atoms with E-state index in [9.17, 15) is 0 Å². The summed E-state index contributed by atoms with van der Waals surface area (Å²) >= 11 is 0. The number of hydrogen-bond donors (Lipinski definition) is 1. The third-order valence-electron chi connectivity index (χ3n) is 3.78. The highest BCUT2D eigenvalue weighted by atomic mass is 15.5. The third-order valence-corrected chi connectivity index (χ3v) is 3.78. The summed E-state index contributed by atoms with van der Waals surface area (Å²) in [6.45, 7) is 6.64. The molecular weight excluding hydrogens is 210 g/mol. The molecule has 0 aromatic heterocycles. The summed E-state index contributed by atoms with van der Waals surface area (Å²) in [5, 5.41) is 3.65. The van der Waals surface area contributed by atoms with Crippen LogP contribution in [0.15, 0.2) is 18.2 Å². The predicted octanol–water partition coefficient (Wildman–Crippen LogP) is 2.49. The van der Waals surface area contributed by atoms with E-state index in [1.54, 1.807) is 0 Å². The number of aryl methyl sites for hydroxylation is 1. The van der Waals surface area contributed by atoms with Gasteiger partial charge in [-0.05, 0) is 51.4 Å². The molecule has 17 heavy (non-hydrogen) atoms. The summed E-state index contributed by atoms with van der Waals surface area (Å²) in [6.07, 6.45) is 2.40. The minimum Gasteiger partial charge on any atom is -0.380 e. The van der Waals surface area contributed by atoms with Crippen molar-refractivity contribution in [3.05, 3.63) is 23.8 Å². The van der Waals surface area contributed by atoms with Crippen LogP contribution < -0.4 is 10.2 Å². The minimum atomic E-state index is 0.233. The van der Waals surface area contributed by atoms with Gasteiger partial charge in [0.2, 0.25) is 0 Å². The van der Waals surface area contributed by atoms with Gasteiger partial charge in [0.1, 0.15) is 0 Å². The van der Waals surface area contributed by atoms with E-state index in [0.29, 0.717) is 0 Å². The molecule has 1 fully saturated rings. The van der Waals surface area contributed by atoms with E-state index in [4.69, 9.17) is 0 Å². The van der Waals surface area contributed by atoms with E-state index in [-0.39, 0.29) is 5.54 Å². The predicted molar refractivity (Wildman–Crippen MR) is 72.4 cm³/mol. The third kappa shape index (κ3) is 2.00. The fraction of sp³-hybridized carbons (Fsp3) is 0.571. The van der Waals surface area contributed by atoms with E-state index in [0.717, 1.165) is 13.3 Å². The normalized spacial score (nSPS) is 22.6. The monoisotopic (exact) mass is 231 g/mol. The lowest BCUT2D eigenvalue weighted by molar-refractivity contribution is 0.232. The summed E-state index contributed by atoms with van der Waals surface area (Å²) in [5.41, 5.74) is 4.36. The first-order chi connectivity index (χ1) is 8.03. The summed E-state index contributed by atoms with van der Waals surface area (Å²) in [6, 6.07) is 6.85. The van der Waals surface area contributed by atoms with Gasteiger partial charge < -0.3 is 10.2 Å². The Morgan fingerprint density at radius 1 is 1.24 bits per heavy atom. The Balaban J connectivity index is 1.85. The maximum atomic E-state index is 3.65. The van der Waals surface area contributed by atoms with E-state index in [1.165, 1.54) is 29.8 Å². The number of hydrogen-bond acceptors (Lipinski definition) is 3. The second-order valence-electron chi connectivity index (χ2n) is 6.03. The molecule has 1 aromatic carbocycles. The van der Waals surface area contributed by atoms with Crippen molar-refractivity contribution in [2.45, 2.75) is 32.2 Å². The summed E-state index contributed by atoms with van der Waals surface area (Å²) in [7, 11) is 2.15. The minimum absolute atomic E-state index is 0.233. The fourth-order valence-corrected chi connectivity index (χ4v) is 2.67. The van der Waals surface area contributed by atoms with Gasteiger partial charge in [-0.15, -0.1) is 0 Å². The molecule has 2 aliphatic heterocycles. The number of nitrogens with one attached hydrogen (secondary N) is 1. The van der Waals surface area contributed by atoms with Crippen molar-refractivity contribution in [3.63, 3.8) is 0 Å². The average Bonchev–Trinajstić information content (AvgIpc) is 2.22. The van der Waals surface area contributed by atoms with Gasteiger partial charge >= 0.3 is 0 Å². The van der Waals surface area contributed by atoms with Gasteiger partial charge in [-0.25, -0.2) is 0 Å². The first-order valence-electron chi connectivity index (χ1n) is 6.38. The second-order valence-corrected chi connectivity index (χ2v) is 6.03. The summed E-state index contributed by atoms with van der Waals surface area (Å²) in [4.78, 5) is 4.69. The van der Waals surface area contributed by atoms with Crippen LogP contribution in [0.1, 0.15) is 25.8 Å². The molecule has 0 bridgehead atoms. The second kappa shape index (κ2) is 3.64. The van der Waals surface area contributed by atoms with Crippen LogP contribution in [0.25, 0.3) is 0 Å². The zero-order valence-electron chi connectivity index (χ0n) is 11.0. The Morgan fingerprint density at radius 2 is 2.00 bits per heavy atom. The van der Waals surface area contributed by atoms with Crippen LogP contribution in [0.5, 0.6) is 0 Å². The van der Waals surface area contributed by atoms with Crippen molar-refractivity contribution in [3.8, 4) is 0 Å². The SMILES string of the molecule is CN1CN(c2ccc3c(c2)NC(C)(C)CC3)C1. The first-order valence-corrected chi connectivity index (χ1v) is 6.38. The Bertz CT molecular complexity index is 433. The largest absolute Gasteiger partial charge is 0.380 e. The van der Waals surface area contributed by atoms with E-state index in [2.05, 4.69) is 54.2 Å². The number of anilines is 2. The lowest BCUT2D eigenvalue weighted by Crippen LogP contribution is -2.53. The molecule has 0 saturated carbocycles. The molecule has 0 spiro atoms. The van der Waals surface area contributed by atoms with Crippen LogP contribution in [0.3, 0.4) is 0 Å². The Kier molecular flexibility index (Phi) is 2.33. The molecule has 92 valence electrons. The number of benzene rings is 1. The maximum absolute atomic E-state index is 3.65. The van der Waals surface area contributed by atoms with Crippen molar-refractivity contribution in [2.24, 2.45) is 0 Å². The molecular formula is C14H21N3. The average molecular weight is 231 g/mol. The number of nitrogens with zero attached hydrogens (tertiary/aromatic N) is 2. The smallest absolute Gasteiger partial charge is 0.0731 e. The van der Waals surface area contributed by atoms with E-state index < -0.39 is 0 Å². The molecule has 0 amide bonds. The highest BCUT2D eigenvalue weighted by Gasteiger charge is 2.26. The zero-order chi connectivity index (χ0) is 12.0. The lowest BCUT2D eigenvalue weighted by atomic mass is 9.89.